The van der Waals surface area contributed by atoms with Gasteiger partial charge in [0.25, 0.3) is 0 Å². The molecule has 1 amide bonds. The van der Waals surface area contributed by atoms with Crippen LogP contribution in [0.5, 0.6) is 0 Å². The quantitative estimate of drug-likeness (QED) is 0.621. The second-order valence-corrected chi connectivity index (χ2v) is 6.17. The monoisotopic (exact) mass is 305 g/mol. The standard InChI is InChI=1S/C17H23NO4/c1-17(2,22-16(20)18-14-12-21-15(14)19)11-7-6-10-13-8-4-3-5-9-13/h3-5,8-9,14H,6-7,10-12H2,1-2H3,(H,18,20). The number of carbonyl (C=O) groups excluding carboxylic acids is 2. The molecule has 0 radical (unpaired) electrons. The second kappa shape index (κ2) is 7.29. The molecule has 1 N–H and O–H groups in total. The molecule has 0 spiro atoms. The Labute approximate surface area is 131 Å². The topological polar surface area (TPSA) is 64.6 Å². The van der Waals surface area contributed by atoms with E-state index in [-0.39, 0.29) is 6.61 Å². The molecule has 1 atom stereocenters. The van der Waals surface area contributed by atoms with Gasteiger partial charge in [0.1, 0.15) is 12.2 Å². The molecular formula is C17H23NO4. The maximum absolute atomic E-state index is 11.7. The molecule has 1 unspecified atom stereocenters. The third-order valence-electron chi connectivity index (χ3n) is 3.67. The van der Waals surface area contributed by atoms with Crippen molar-refractivity contribution < 1.29 is 19.1 Å². The third kappa shape index (κ3) is 5.06. The fourth-order valence-corrected chi connectivity index (χ4v) is 2.33. The number of rotatable bonds is 7. The van der Waals surface area contributed by atoms with Gasteiger partial charge in [0, 0.05) is 0 Å². The van der Waals surface area contributed by atoms with Crippen molar-refractivity contribution in [1.29, 1.82) is 0 Å². The zero-order valence-electron chi connectivity index (χ0n) is 13.1. The van der Waals surface area contributed by atoms with Crippen LogP contribution >= 0.6 is 0 Å². The van der Waals surface area contributed by atoms with E-state index in [4.69, 9.17) is 4.74 Å². The number of carbonyl (C=O) groups is 2. The SMILES string of the molecule is CC(C)(CCCCc1ccccc1)OC(=O)NC1COC1=O. The summed E-state index contributed by atoms with van der Waals surface area (Å²) in [6, 6.07) is 9.77. The second-order valence-electron chi connectivity index (χ2n) is 6.17. The first-order chi connectivity index (χ1) is 10.5. The summed E-state index contributed by atoms with van der Waals surface area (Å²) in [4.78, 5) is 22.7. The lowest BCUT2D eigenvalue weighted by atomic mass is 9.99. The Morgan fingerprint density at radius 2 is 2.05 bits per heavy atom. The van der Waals surface area contributed by atoms with E-state index < -0.39 is 23.7 Å². The van der Waals surface area contributed by atoms with Gasteiger partial charge in [0.15, 0.2) is 6.04 Å². The number of esters is 1. The molecule has 0 aliphatic carbocycles. The zero-order chi connectivity index (χ0) is 16.0. The summed E-state index contributed by atoms with van der Waals surface area (Å²) < 4.78 is 9.97. The van der Waals surface area contributed by atoms with Crippen molar-refractivity contribution in [3.63, 3.8) is 0 Å². The number of cyclic esters (lactones) is 1. The third-order valence-corrected chi connectivity index (χ3v) is 3.67. The van der Waals surface area contributed by atoms with Gasteiger partial charge in [0.2, 0.25) is 0 Å². The van der Waals surface area contributed by atoms with Crippen LogP contribution in [0.1, 0.15) is 38.7 Å². The van der Waals surface area contributed by atoms with Gasteiger partial charge in [-0.1, -0.05) is 30.3 Å². The van der Waals surface area contributed by atoms with E-state index >= 15 is 0 Å². The molecule has 0 aromatic heterocycles. The average molecular weight is 305 g/mol. The summed E-state index contributed by atoms with van der Waals surface area (Å²) >= 11 is 0. The van der Waals surface area contributed by atoms with Crippen LogP contribution in [0.2, 0.25) is 0 Å². The van der Waals surface area contributed by atoms with Gasteiger partial charge in [-0.2, -0.15) is 0 Å². The minimum atomic E-state index is -0.560. The fourth-order valence-electron chi connectivity index (χ4n) is 2.33. The van der Waals surface area contributed by atoms with Gasteiger partial charge in [-0.15, -0.1) is 0 Å². The number of alkyl carbamates (subject to hydrolysis) is 1. The predicted octanol–water partition coefficient (Wildman–Crippen LogP) is 2.83. The highest BCUT2D eigenvalue weighted by Crippen LogP contribution is 2.19. The van der Waals surface area contributed by atoms with Crippen LogP contribution in [0, 0.1) is 0 Å². The molecule has 1 aliphatic heterocycles. The Morgan fingerprint density at radius 3 is 2.64 bits per heavy atom. The first-order valence-electron chi connectivity index (χ1n) is 7.66. The van der Waals surface area contributed by atoms with Crippen LogP contribution in [-0.4, -0.2) is 30.3 Å². The summed E-state index contributed by atoms with van der Waals surface area (Å²) in [5.74, 6) is -0.405. The van der Waals surface area contributed by atoms with E-state index in [1.807, 2.05) is 32.0 Å². The average Bonchev–Trinajstić information content (AvgIpc) is 2.48. The van der Waals surface area contributed by atoms with Gasteiger partial charge >= 0.3 is 12.1 Å². The normalized spacial score (nSPS) is 17.4. The van der Waals surface area contributed by atoms with Crippen LogP contribution in [-0.2, 0) is 20.7 Å². The number of nitrogens with one attached hydrogen (secondary N) is 1. The van der Waals surface area contributed by atoms with Crippen molar-refractivity contribution in [3.05, 3.63) is 35.9 Å². The molecule has 0 bridgehead atoms. The summed E-state index contributed by atoms with van der Waals surface area (Å²) in [5, 5.41) is 2.50. The van der Waals surface area contributed by atoms with Crippen LogP contribution < -0.4 is 5.32 Å². The van der Waals surface area contributed by atoms with E-state index in [1.54, 1.807) is 0 Å². The summed E-state index contributed by atoms with van der Waals surface area (Å²) in [6.45, 7) is 3.99. The number of ether oxygens (including phenoxy) is 2. The first kappa shape index (κ1) is 16.3. The molecule has 2 rings (SSSR count). The minimum Gasteiger partial charge on any atom is -0.461 e. The number of benzene rings is 1. The van der Waals surface area contributed by atoms with Crippen molar-refractivity contribution in [1.82, 2.24) is 5.32 Å². The Bertz CT molecular complexity index is 513. The minimum absolute atomic E-state index is 0.228. The molecule has 120 valence electrons. The molecule has 5 heteroatoms. The number of hydrogen-bond donors (Lipinski definition) is 1. The summed E-state index contributed by atoms with van der Waals surface area (Å²) in [5.41, 5.74) is 0.775. The van der Waals surface area contributed by atoms with Gasteiger partial charge in [-0.05, 0) is 45.1 Å². The Hall–Kier alpha value is -2.04. The van der Waals surface area contributed by atoms with Crippen LogP contribution in [0.3, 0.4) is 0 Å². The maximum Gasteiger partial charge on any atom is 0.408 e. The molecule has 5 nitrogen and oxygen atoms in total. The van der Waals surface area contributed by atoms with Crippen LogP contribution in [0.4, 0.5) is 4.79 Å². The number of hydrogen-bond acceptors (Lipinski definition) is 4. The first-order valence-corrected chi connectivity index (χ1v) is 7.66. The lowest BCUT2D eigenvalue weighted by Gasteiger charge is -2.29. The molecule has 1 fully saturated rings. The molecule has 0 saturated carbocycles. The van der Waals surface area contributed by atoms with E-state index in [9.17, 15) is 9.59 Å². The molecule has 1 aliphatic rings. The van der Waals surface area contributed by atoms with E-state index in [2.05, 4.69) is 22.2 Å². The van der Waals surface area contributed by atoms with Crippen LogP contribution in [0.15, 0.2) is 30.3 Å². The van der Waals surface area contributed by atoms with Crippen molar-refractivity contribution in [2.45, 2.75) is 51.2 Å². The lowest BCUT2D eigenvalue weighted by Crippen LogP contribution is -2.54. The molecule has 1 aromatic rings. The van der Waals surface area contributed by atoms with Crippen LogP contribution in [0.25, 0.3) is 0 Å². The number of unbranched alkanes of at least 4 members (excludes halogenated alkanes) is 1. The Balaban J connectivity index is 1.64. The summed E-state index contributed by atoms with van der Waals surface area (Å²) in [7, 11) is 0. The maximum atomic E-state index is 11.7. The summed E-state index contributed by atoms with van der Waals surface area (Å²) in [6.07, 6.45) is 3.27. The molecule has 1 aromatic carbocycles. The Kier molecular flexibility index (Phi) is 5.41. The highest BCUT2D eigenvalue weighted by Gasteiger charge is 2.34. The highest BCUT2D eigenvalue weighted by atomic mass is 16.6. The highest BCUT2D eigenvalue weighted by molar-refractivity contribution is 5.85. The van der Waals surface area contributed by atoms with E-state index in [1.165, 1.54) is 5.56 Å². The van der Waals surface area contributed by atoms with Crippen molar-refractivity contribution in [2.75, 3.05) is 6.61 Å². The van der Waals surface area contributed by atoms with Crippen molar-refractivity contribution >= 4 is 12.1 Å². The molecule has 1 heterocycles. The lowest BCUT2D eigenvalue weighted by molar-refractivity contribution is -0.162. The zero-order valence-corrected chi connectivity index (χ0v) is 13.1. The van der Waals surface area contributed by atoms with Gasteiger partial charge in [0.05, 0.1) is 0 Å². The van der Waals surface area contributed by atoms with Gasteiger partial charge < -0.3 is 14.8 Å². The predicted molar refractivity (Wildman–Crippen MR) is 82.4 cm³/mol. The number of amides is 1. The molecule has 22 heavy (non-hydrogen) atoms. The fraction of sp³-hybridized carbons (Fsp3) is 0.529. The smallest absolute Gasteiger partial charge is 0.408 e. The largest absolute Gasteiger partial charge is 0.461 e. The Morgan fingerprint density at radius 1 is 1.32 bits per heavy atom. The van der Waals surface area contributed by atoms with E-state index in [0.717, 1.165) is 25.7 Å². The van der Waals surface area contributed by atoms with Crippen molar-refractivity contribution in [3.8, 4) is 0 Å². The van der Waals surface area contributed by atoms with E-state index in [0.29, 0.717) is 0 Å². The number of aryl methyl sites for hydroxylation is 1. The van der Waals surface area contributed by atoms with Gasteiger partial charge in [-0.25, -0.2) is 9.59 Å². The molecule has 1 saturated heterocycles. The van der Waals surface area contributed by atoms with Crippen molar-refractivity contribution in [2.24, 2.45) is 0 Å². The molecular weight excluding hydrogens is 282 g/mol. The van der Waals surface area contributed by atoms with Gasteiger partial charge in [-0.3, -0.25) is 0 Å².